The van der Waals surface area contributed by atoms with Gasteiger partial charge in [0.2, 0.25) is 0 Å². The first-order valence-corrected chi connectivity index (χ1v) is 7.05. The minimum absolute atomic E-state index is 0.392. The van der Waals surface area contributed by atoms with Crippen LogP contribution in [0, 0.1) is 11.3 Å². The zero-order valence-electron chi connectivity index (χ0n) is 9.88. The Balaban J connectivity index is 1.73. The molecule has 0 atom stereocenters. The second kappa shape index (κ2) is 4.77. The molecule has 0 amide bonds. The van der Waals surface area contributed by atoms with E-state index in [1.165, 1.54) is 36.6 Å². The molecule has 2 nitrogen and oxygen atoms in total. The number of amidine groups is 1. The van der Waals surface area contributed by atoms with E-state index < -0.39 is 0 Å². The summed E-state index contributed by atoms with van der Waals surface area (Å²) in [5.74, 6) is 2.10. The molecule has 0 spiro atoms. The van der Waals surface area contributed by atoms with Gasteiger partial charge in [0.1, 0.15) is 0 Å². The van der Waals surface area contributed by atoms with Crippen LogP contribution in [0.2, 0.25) is 0 Å². The van der Waals surface area contributed by atoms with Crippen molar-refractivity contribution in [3.8, 4) is 0 Å². The molecule has 1 aliphatic carbocycles. The number of thioether (sulfide) groups is 1. The number of hydrogen-bond acceptors (Lipinski definition) is 3. The minimum atomic E-state index is 0.392. The molecular weight excluding hydrogens is 204 g/mol. The highest BCUT2D eigenvalue weighted by molar-refractivity contribution is 8.13. The lowest BCUT2D eigenvalue weighted by molar-refractivity contribution is 0.436. The second-order valence-corrected chi connectivity index (χ2v) is 6.57. The number of aliphatic imine (C=N–C) groups is 1. The van der Waals surface area contributed by atoms with E-state index in [0.29, 0.717) is 5.41 Å². The van der Waals surface area contributed by atoms with Gasteiger partial charge in [0.15, 0.2) is 5.17 Å². The number of nitrogens with one attached hydrogen (secondary N) is 1. The lowest BCUT2D eigenvalue weighted by Gasteiger charge is -2.27. The SMILES string of the molecule is CC1(C)CN=C(NCC2CCCC2)SC1. The van der Waals surface area contributed by atoms with Gasteiger partial charge in [-0.3, -0.25) is 4.99 Å². The zero-order chi connectivity index (χ0) is 10.7. The van der Waals surface area contributed by atoms with Gasteiger partial charge in [-0.15, -0.1) is 0 Å². The summed E-state index contributed by atoms with van der Waals surface area (Å²) in [4.78, 5) is 4.61. The Morgan fingerprint density at radius 2 is 2.13 bits per heavy atom. The average molecular weight is 226 g/mol. The van der Waals surface area contributed by atoms with Crippen LogP contribution in [0.25, 0.3) is 0 Å². The molecule has 2 rings (SSSR count). The Labute approximate surface area is 97.3 Å². The van der Waals surface area contributed by atoms with Crippen molar-refractivity contribution in [1.82, 2.24) is 5.32 Å². The summed E-state index contributed by atoms with van der Waals surface area (Å²) in [5, 5.41) is 4.70. The molecule has 1 aliphatic heterocycles. The highest BCUT2D eigenvalue weighted by Gasteiger charge is 2.23. The van der Waals surface area contributed by atoms with E-state index >= 15 is 0 Å². The van der Waals surface area contributed by atoms with Crippen molar-refractivity contribution in [3.63, 3.8) is 0 Å². The highest BCUT2D eigenvalue weighted by Crippen LogP contribution is 2.28. The quantitative estimate of drug-likeness (QED) is 0.783. The molecule has 1 saturated carbocycles. The molecular formula is C12H22N2S. The Hall–Kier alpha value is -0.180. The molecule has 3 heteroatoms. The second-order valence-electron chi connectivity index (χ2n) is 5.61. The van der Waals surface area contributed by atoms with E-state index in [1.54, 1.807) is 0 Å². The maximum absolute atomic E-state index is 4.61. The molecule has 0 radical (unpaired) electrons. The molecule has 1 N–H and O–H groups in total. The van der Waals surface area contributed by atoms with E-state index in [2.05, 4.69) is 24.2 Å². The summed E-state index contributed by atoms with van der Waals surface area (Å²) in [6.07, 6.45) is 5.69. The van der Waals surface area contributed by atoms with Gasteiger partial charge in [0, 0.05) is 18.8 Å². The molecule has 0 saturated heterocycles. The van der Waals surface area contributed by atoms with Crippen LogP contribution in [-0.4, -0.2) is 24.0 Å². The van der Waals surface area contributed by atoms with Crippen LogP contribution in [0.15, 0.2) is 4.99 Å². The Bertz CT molecular complexity index is 242. The molecule has 0 aromatic carbocycles. The van der Waals surface area contributed by atoms with E-state index in [4.69, 9.17) is 0 Å². The molecule has 1 fully saturated rings. The summed E-state index contributed by atoms with van der Waals surface area (Å²) < 4.78 is 0. The third-order valence-corrected chi connectivity index (χ3v) is 4.74. The topological polar surface area (TPSA) is 24.4 Å². The van der Waals surface area contributed by atoms with Gasteiger partial charge in [-0.1, -0.05) is 38.5 Å². The van der Waals surface area contributed by atoms with Crippen LogP contribution >= 0.6 is 11.8 Å². The summed E-state index contributed by atoms with van der Waals surface area (Å²) >= 11 is 1.89. The van der Waals surface area contributed by atoms with E-state index in [1.807, 2.05) is 11.8 Å². The van der Waals surface area contributed by atoms with Crippen LogP contribution in [0.4, 0.5) is 0 Å². The molecule has 0 bridgehead atoms. The van der Waals surface area contributed by atoms with Crippen LogP contribution in [0.5, 0.6) is 0 Å². The third kappa shape index (κ3) is 3.40. The van der Waals surface area contributed by atoms with Gasteiger partial charge in [0.25, 0.3) is 0 Å². The zero-order valence-corrected chi connectivity index (χ0v) is 10.7. The number of hydrogen-bond donors (Lipinski definition) is 1. The lowest BCUT2D eigenvalue weighted by Crippen LogP contribution is -2.33. The van der Waals surface area contributed by atoms with E-state index in [0.717, 1.165) is 19.0 Å². The average Bonchev–Trinajstić information content (AvgIpc) is 2.69. The smallest absolute Gasteiger partial charge is 0.156 e. The van der Waals surface area contributed by atoms with Crippen LogP contribution in [0.3, 0.4) is 0 Å². The Morgan fingerprint density at radius 3 is 2.73 bits per heavy atom. The summed E-state index contributed by atoms with van der Waals surface area (Å²) in [5.41, 5.74) is 0.392. The molecule has 2 aliphatic rings. The van der Waals surface area contributed by atoms with Gasteiger partial charge in [-0.25, -0.2) is 0 Å². The Kier molecular flexibility index (Phi) is 3.60. The van der Waals surface area contributed by atoms with Crippen molar-refractivity contribution >= 4 is 16.9 Å². The van der Waals surface area contributed by atoms with Crippen LogP contribution < -0.4 is 5.32 Å². The molecule has 86 valence electrons. The van der Waals surface area contributed by atoms with Gasteiger partial charge >= 0.3 is 0 Å². The third-order valence-electron chi connectivity index (χ3n) is 3.27. The standard InChI is InChI=1S/C12H22N2S/c1-12(2)8-14-11(15-9-12)13-7-10-5-3-4-6-10/h10H,3-9H2,1-2H3,(H,13,14). The van der Waals surface area contributed by atoms with Crippen LogP contribution in [-0.2, 0) is 0 Å². The van der Waals surface area contributed by atoms with Crippen molar-refractivity contribution in [2.75, 3.05) is 18.8 Å². The van der Waals surface area contributed by atoms with Crippen molar-refractivity contribution < 1.29 is 0 Å². The van der Waals surface area contributed by atoms with E-state index in [9.17, 15) is 0 Å². The van der Waals surface area contributed by atoms with Gasteiger partial charge in [-0.05, 0) is 24.2 Å². The van der Waals surface area contributed by atoms with Crippen molar-refractivity contribution in [2.45, 2.75) is 39.5 Å². The fraction of sp³-hybridized carbons (Fsp3) is 0.917. The predicted octanol–water partition coefficient (Wildman–Crippen LogP) is 2.90. The largest absolute Gasteiger partial charge is 0.365 e. The van der Waals surface area contributed by atoms with Gasteiger partial charge in [-0.2, -0.15) is 0 Å². The van der Waals surface area contributed by atoms with Crippen molar-refractivity contribution in [3.05, 3.63) is 0 Å². The van der Waals surface area contributed by atoms with Gasteiger partial charge < -0.3 is 5.32 Å². The normalized spacial score (nSPS) is 26.4. The number of nitrogens with zero attached hydrogens (tertiary/aromatic N) is 1. The molecule has 15 heavy (non-hydrogen) atoms. The molecule has 0 aromatic heterocycles. The lowest BCUT2D eigenvalue weighted by atomic mass is 9.97. The van der Waals surface area contributed by atoms with Crippen molar-refractivity contribution in [1.29, 1.82) is 0 Å². The van der Waals surface area contributed by atoms with E-state index in [-0.39, 0.29) is 0 Å². The monoisotopic (exact) mass is 226 g/mol. The first kappa shape index (κ1) is 11.3. The first-order valence-electron chi connectivity index (χ1n) is 6.07. The summed E-state index contributed by atoms with van der Waals surface area (Å²) in [7, 11) is 0. The maximum Gasteiger partial charge on any atom is 0.156 e. The predicted molar refractivity (Wildman–Crippen MR) is 68.5 cm³/mol. The van der Waals surface area contributed by atoms with Gasteiger partial charge in [0.05, 0.1) is 0 Å². The minimum Gasteiger partial charge on any atom is -0.365 e. The first-order chi connectivity index (χ1) is 7.16. The molecule has 1 heterocycles. The number of rotatable bonds is 2. The fourth-order valence-corrected chi connectivity index (χ4v) is 3.15. The molecule has 0 aromatic rings. The highest BCUT2D eigenvalue weighted by atomic mass is 32.2. The molecule has 0 unspecified atom stereocenters. The summed E-state index contributed by atoms with van der Waals surface area (Å²) in [6.45, 7) is 6.70. The summed E-state index contributed by atoms with van der Waals surface area (Å²) in [6, 6.07) is 0. The van der Waals surface area contributed by atoms with Crippen LogP contribution in [0.1, 0.15) is 39.5 Å². The Morgan fingerprint density at radius 1 is 1.40 bits per heavy atom. The van der Waals surface area contributed by atoms with Crippen molar-refractivity contribution in [2.24, 2.45) is 16.3 Å². The maximum atomic E-state index is 4.61. The fourth-order valence-electron chi connectivity index (χ4n) is 2.19.